The molecule has 0 radical (unpaired) electrons. The summed E-state index contributed by atoms with van der Waals surface area (Å²) in [6.45, 7) is 5.53. The number of ether oxygens (including phenoxy) is 1. The van der Waals surface area contributed by atoms with Crippen LogP contribution in [-0.2, 0) is 4.74 Å². The van der Waals surface area contributed by atoms with Gasteiger partial charge in [-0.25, -0.2) is 9.18 Å². The van der Waals surface area contributed by atoms with Crippen LogP contribution in [0.4, 0.5) is 14.9 Å². The molecule has 2 amide bonds. The van der Waals surface area contributed by atoms with Gasteiger partial charge in [0.25, 0.3) is 0 Å². The summed E-state index contributed by atoms with van der Waals surface area (Å²) in [5.41, 5.74) is 1.30. The second kappa shape index (κ2) is 7.66. The van der Waals surface area contributed by atoms with E-state index in [1.54, 1.807) is 13.0 Å². The van der Waals surface area contributed by atoms with Crippen LogP contribution in [0.1, 0.15) is 18.9 Å². The van der Waals surface area contributed by atoms with Gasteiger partial charge in [0.2, 0.25) is 0 Å². The average Bonchev–Trinajstić information content (AvgIpc) is 2.32. The highest BCUT2D eigenvalue weighted by Crippen LogP contribution is 2.15. The average molecular weight is 254 g/mol. The Kier molecular flexibility index (Phi) is 6.14. The molecule has 0 bridgehead atoms. The summed E-state index contributed by atoms with van der Waals surface area (Å²) < 4.78 is 18.0. The maximum Gasteiger partial charge on any atom is 0.319 e. The van der Waals surface area contributed by atoms with Crippen molar-refractivity contribution in [2.75, 3.05) is 25.1 Å². The second-order valence-electron chi connectivity index (χ2n) is 3.89. The fourth-order valence-electron chi connectivity index (χ4n) is 1.45. The third-order valence-corrected chi connectivity index (χ3v) is 2.39. The molecule has 0 spiro atoms. The first kappa shape index (κ1) is 14.4. The molecule has 0 unspecified atom stereocenters. The van der Waals surface area contributed by atoms with Crippen molar-refractivity contribution in [1.29, 1.82) is 0 Å². The minimum Gasteiger partial charge on any atom is -0.382 e. The van der Waals surface area contributed by atoms with Crippen LogP contribution in [0.25, 0.3) is 0 Å². The zero-order valence-electron chi connectivity index (χ0n) is 10.8. The van der Waals surface area contributed by atoms with E-state index in [9.17, 15) is 9.18 Å². The van der Waals surface area contributed by atoms with Gasteiger partial charge in [-0.05, 0) is 44.0 Å². The van der Waals surface area contributed by atoms with Crippen molar-refractivity contribution in [2.45, 2.75) is 20.3 Å². The van der Waals surface area contributed by atoms with E-state index in [4.69, 9.17) is 4.74 Å². The number of amides is 2. The number of urea groups is 1. The Bertz CT molecular complexity index is 397. The molecule has 100 valence electrons. The van der Waals surface area contributed by atoms with Crippen LogP contribution in [0.5, 0.6) is 0 Å². The number of benzene rings is 1. The van der Waals surface area contributed by atoms with Gasteiger partial charge in [-0.3, -0.25) is 0 Å². The Morgan fingerprint density at radius 1 is 1.44 bits per heavy atom. The van der Waals surface area contributed by atoms with Crippen molar-refractivity contribution in [1.82, 2.24) is 5.32 Å². The number of nitrogens with one attached hydrogen (secondary N) is 2. The van der Waals surface area contributed by atoms with Gasteiger partial charge in [0.1, 0.15) is 5.82 Å². The van der Waals surface area contributed by atoms with Crippen LogP contribution in [0.3, 0.4) is 0 Å². The van der Waals surface area contributed by atoms with Crippen molar-refractivity contribution in [3.63, 3.8) is 0 Å². The molecule has 0 aromatic heterocycles. The van der Waals surface area contributed by atoms with E-state index in [0.29, 0.717) is 31.0 Å². The minimum atomic E-state index is -0.310. The first-order chi connectivity index (χ1) is 8.63. The Labute approximate surface area is 107 Å². The van der Waals surface area contributed by atoms with E-state index in [1.807, 2.05) is 6.92 Å². The van der Waals surface area contributed by atoms with E-state index in [1.165, 1.54) is 12.1 Å². The molecule has 0 saturated heterocycles. The highest BCUT2D eigenvalue weighted by atomic mass is 19.1. The first-order valence-electron chi connectivity index (χ1n) is 6.02. The largest absolute Gasteiger partial charge is 0.382 e. The summed E-state index contributed by atoms with van der Waals surface area (Å²) in [6.07, 6.45) is 0.768. The summed E-state index contributed by atoms with van der Waals surface area (Å²) in [4.78, 5) is 11.5. The number of hydrogen-bond acceptors (Lipinski definition) is 2. The van der Waals surface area contributed by atoms with Crippen LogP contribution in [0.15, 0.2) is 18.2 Å². The molecule has 0 heterocycles. The summed E-state index contributed by atoms with van der Waals surface area (Å²) in [6, 6.07) is 3.95. The summed E-state index contributed by atoms with van der Waals surface area (Å²) >= 11 is 0. The molecule has 0 aliphatic carbocycles. The van der Waals surface area contributed by atoms with E-state index >= 15 is 0 Å². The maximum atomic E-state index is 12.9. The van der Waals surface area contributed by atoms with Crippen LogP contribution < -0.4 is 10.6 Å². The monoisotopic (exact) mass is 254 g/mol. The topological polar surface area (TPSA) is 50.4 Å². The molecule has 0 aliphatic heterocycles. The van der Waals surface area contributed by atoms with Crippen LogP contribution in [0, 0.1) is 12.7 Å². The predicted molar refractivity (Wildman–Crippen MR) is 69.3 cm³/mol. The van der Waals surface area contributed by atoms with E-state index in [0.717, 1.165) is 6.42 Å². The molecule has 18 heavy (non-hydrogen) atoms. The van der Waals surface area contributed by atoms with Crippen LogP contribution in [0.2, 0.25) is 0 Å². The number of carbonyl (C=O) groups excluding carboxylic acids is 1. The molecule has 1 aromatic rings. The smallest absolute Gasteiger partial charge is 0.319 e. The summed E-state index contributed by atoms with van der Waals surface area (Å²) in [7, 11) is 0. The molecule has 1 aromatic carbocycles. The van der Waals surface area contributed by atoms with Gasteiger partial charge in [-0.1, -0.05) is 0 Å². The lowest BCUT2D eigenvalue weighted by Gasteiger charge is -2.09. The Hall–Kier alpha value is -1.62. The Morgan fingerprint density at radius 3 is 2.89 bits per heavy atom. The number of anilines is 1. The Morgan fingerprint density at radius 2 is 2.22 bits per heavy atom. The zero-order valence-corrected chi connectivity index (χ0v) is 10.8. The lowest BCUT2D eigenvalue weighted by atomic mass is 10.2. The molecule has 2 N–H and O–H groups in total. The number of carbonyl (C=O) groups is 1. The minimum absolute atomic E-state index is 0.291. The van der Waals surface area contributed by atoms with Gasteiger partial charge in [-0.15, -0.1) is 0 Å². The third kappa shape index (κ3) is 5.14. The molecule has 0 aliphatic rings. The molecule has 1 rings (SSSR count). The highest BCUT2D eigenvalue weighted by Gasteiger charge is 2.04. The van der Waals surface area contributed by atoms with Crippen LogP contribution >= 0.6 is 0 Å². The zero-order chi connectivity index (χ0) is 13.4. The number of rotatable bonds is 6. The number of halogens is 1. The second-order valence-corrected chi connectivity index (χ2v) is 3.89. The molecule has 4 nitrogen and oxygen atoms in total. The molecular formula is C13H19FN2O2. The molecule has 0 atom stereocenters. The molecule has 0 saturated carbocycles. The summed E-state index contributed by atoms with van der Waals surface area (Å²) in [5, 5.41) is 5.38. The first-order valence-corrected chi connectivity index (χ1v) is 6.02. The number of aryl methyl sites for hydroxylation is 1. The van der Waals surface area contributed by atoms with Crippen molar-refractivity contribution >= 4 is 11.7 Å². The van der Waals surface area contributed by atoms with Gasteiger partial charge in [0.15, 0.2) is 0 Å². The normalized spacial score (nSPS) is 10.2. The maximum absolute atomic E-state index is 12.9. The van der Waals surface area contributed by atoms with Crippen molar-refractivity contribution < 1.29 is 13.9 Å². The van der Waals surface area contributed by atoms with Crippen molar-refractivity contribution in [3.8, 4) is 0 Å². The SMILES string of the molecule is CCOCCCNC(=O)Nc1ccc(F)cc1C. The standard InChI is InChI=1S/C13H19FN2O2/c1-3-18-8-4-7-15-13(17)16-12-6-5-11(14)9-10(12)2/h5-6,9H,3-4,7-8H2,1-2H3,(H2,15,16,17). The van der Waals surface area contributed by atoms with E-state index in [2.05, 4.69) is 10.6 Å². The number of hydrogen-bond donors (Lipinski definition) is 2. The fraction of sp³-hybridized carbons (Fsp3) is 0.462. The van der Waals surface area contributed by atoms with E-state index < -0.39 is 0 Å². The van der Waals surface area contributed by atoms with E-state index in [-0.39, 0.29) is 11.8 Å². The van der Waals surface area contributed by atoms with Crippen molar-refractivity contribution in [3.05, 3.63) is 29.6 Å². The van der Waals surface area contributed by atoms with Crippen molar-refractivity contribution in [2.24, 2.45) is 0 Å². The predicted octanol–water partition coefficient (Wildman–Crippen LogP) is 2.68. The molecular weight excluding hydrogens is 235 g/mol. The lowest BCUT2D eigenvalue weighted by molar-refractivity contribution is 0.145. The third-order valence-electron chi connectivity index (χ3n) is 2.39. The summed E-state index contributed by atoms with van der Waals surface area (Å²) in [5.74, 6) is -0.310. The van der Waals surface area contributed by atoms with Gasteiger partial charge >= 0.3 is 6.03 Å². The van der Waals surface area contributed by atoms with Crippen LogP contribution in [-0.4, -0.2) is 25.8 Å². The Balaban J connectivity index is 2.31. The van der Waals surface area contributed by atoms with Gasteiger partial charge < -0.3 is 15.4 Å². The lowest BCUT2D eigenvalue weighted by Crippen LogP contribution is -2.30. The molecule has 0 fully saturated rings. The van der Waals surface area contributed by atoms with Gasteiger partial charge in [0.05, 0.1) is 0 Å². The molecule has 5 heteroatoms. The fourth-order valence-corrected chi connectivity index (χ4v) is 1.45. The van der Waals surface area contributed by atoms with Gasteiger partial charge in [0, 0.05) is 25.4 Å². The quantitative estimate of drug-likeness (QED) is 0.767. The van der Waals surface area contributed by atoms with Gasteiger partial charge in [-0.2, -0.15) is 0 Å². The highest BCUT2D eigenvalue weighted by molar-refractivity contribution is 5.89.